The van der Waals surface area contributed by atoms with Gasteiger partial charge >= 0.3 is 0 Å². The number of aliphatic hydroxyl groups excluding tert-OH is 1. The second-order valence-corrected chi connectivity index (χ2v) is 5.31. The molecule has 3 N–H and O–H groups in total. The number of rotatable bonds is 4. The van der Waals surface area contributed by atoms with Gasteiger partial charge in [0.25, 0.3) is 0 Å². The van der Waals surface area contributed by atoms with Crippen molar-refractivity contribution in [3.8, 4) is 0 Å². The van der Waals surface area contributed by atoms with Crippen LogP contribution in [0.15, 0.2) is 0 Å². The highest BCUT2D eigenvalue weighted by molar-refractivity contribution is 4.83. The lowest BCUT2D eigenvalue weighted by molar-refractivity contribution is 0.157. The van der Waals surface area contributed by atoms with E-state index in [1.54, 1.807) is 0 Å². The molecule has 1 aliphatic rings. The topological polar surface area (TPSA) is 46.2 Å². The molecule has 2 nitrogen and oxygen atoms in total. The van der Waals surface area contributed by atoms with E-state index in [1.807, 2.05) is 6.92 Å². The molecule has 1 rings (SSSR count). The molecule has 1 aliphatic carbocycles. The van der Waals surface area contributed by atoms with Crippen LogP contribution in [0.3, 0.4) is 0 Å². The zero-order valence-corrected chi connectivity index (χ0v) is 9.63. The SMILES string of the molecule is CCC1CCC(CC(C)(N)CO)CC1. The van der Waals surface area contributed by atoms with Crippen molar-refractivity contribution in [1.29, 1.82) is 0 Å². The van der Waals surface area contributed by atoms with E-state index in [2.05, 4.69) is 6.92 Å². The molecule has 1 saturated carbocycles. The number of hydrogen-bond donors (Lipinski definition) is 2. The van der Waals surface area contributed by atoms with Crippen molar-refractivity contribution >= 4 is 0 Å². The van der Waals surface area contributed by atoms with Crippen LogP contribution >= 0.6 is 0 Å². The van der Waals surface area contributed by atoms with Crippen LogP contribution in [0, 0.1) is 11.8 Å². The molecular formula is C12H25NO. The molecule has 84 valence electrons. The lowest BCUT2D eigenvalue weighted by Crippen LogP contribution is -2.42. The first-order chi connectivity index (χ1) is 6.57. The summed E-state index contributed by atoms with van der Waals surface area (Å²) in [6, 6.07) is 0. The summed E-state index contributed by atoms with van der Waals surface area (Å²) in [5.41, 5.74) is 5.61. The van der Waals surface area contributed by atoms with Crippen LogP contribution < -0.4 is 5.73 Å². The molecule has 2 heteroatoms. The smallest absolute Gasteiger partial charge is 0.0608 e. The quantitative estimate of drug-likeness (QED) is 0.730. The standard InChI is InChI=1S/C12H25NO/c1-3-10-4-6-11(7-5-10)8-12(2,13)9-14/h10-11,14H,3-9,13H2,1-2H3. The average molecular weight is 199 g/mol. The molecule has 1 atom stereocenters. The molecular weight excluding hydrogens is 174 g/mol. The van der Waals surface area contributed by atoms with E-state index < -0.39 is 0 Å². The third-order valence-corrected chi connectivity index (χ3v) is 3.66. The van der Waals surface area contributed by atoms with Crippen LogP contribution in [-0.4, -0.2) is 17.3 Å². The first kappa shape index (κ1) is 12.0. The first-order valence-electron chi connectivity index (χ1n) is 5.97. The molecule has 1 unspecified atom stereocenters. The van der Waals surface area contributed by atoms with Gasteiger partial charge in [0, 0.05) is 5.54 Å². The summed E-state index contributed by atoms with van der Waals surface area (Å²) in [6.07, 6.45) is 7.66. The Bertz CT molecular complexity index is 160. The minimum absolute atomic E-state index is 0.112. The number of hydrogen-bond acceptors (Lipinski definition) is 2. The maximum absolute atomic E-state index is 9.10. The van der Waals surface area contributed by atoms with Crippen molar-refractivity contribution in [1.82, 2.24) is 0 Å². The largest absolute Gasteiger partial charge is 0.394 e. The van der Waals surface area contributed by atoms with Gasteiger partial charge in [0.05, 0.1) is 6.61 Å². The first-order valence-corrected chi connectivity index (χ1v) is 5.97. The van der Waals surface area contributed by atoms with Crippen molar-refractivity contribution in [3.63, 3.8) is 0 Å². The molecule has 0 saturated heterocycles. The minimum Gasteiger partial charge on any atom is -0.394 e. The highest BCUT2D eigenvalue weighted by atomic mass is 16.3. The summed E-state index contributed by atoms with van der Waals surface area (Å²) < 4.78 is 0. The Morgan fingerprint density at radius 2 is 1.71 bits per heavy atom. The Morgan fingerprint density at radius 3 is 2.14 bits per heavy atom. The third kappa shape index (κ3) is 3.58. The summed E-state index contributed by atoms with van der Waals surface area (Å²) >= 11 is 0. The summed E-state index contributed by atoms with van der Waals surface area (Å²) in [5.74, 6) is 1.70. The van der Waals surface area contributed by atoms with E-state index in [-0.39, 0.29) is 12.1 Å². The zero-order valence-electron chi connectivity index (χ0n) is 9.63. The summed E-state index contributed by atoms with van der Waals surface area (Å²) in [7, 11) is 0. The lowest BCUT2D eigenvalue weighted by Gasteiger charge is -2.33. The summed E-state index contributed by atoms with van der Waals surface area (Å²) in [5, 5.41) is 9.10. The van der Waals surface area contributed by atoms with E-state index in [0.29, 0.717) is 0 Å². The molecule has 0 radical (unpaired) electrons. The van der Waals surface area contributed by atoms with E-state index in [1.165, 1.54) is 32.1 Å². The van der Waals surface area contributed by atoms with Gasteiger partial charge in [-0.1, -0.05) is 39.0 Å². The van der Waals surface area contributed by atoms with Gasteiger partial charge in [-0.2, -0.15) is 0 Å². The lowest BCUT2D eigenvalue weighted by atomic mass is 9.76. The molecule has 0 spiro atoms. The molecule has 0 heterocycles. The highest BCUT2D eigenvalue weighted by Gasteiger charge is 2.26. The van der Waals surface area contributed by atoms with Crippen molar-refractivity contribution in [2.75, 3.05) is 6.61 Å². The molecule has 14 heavy (non-hydrogen) atoms. The predicted molar refractivity (Wildman–Crippen MR) is 60.0 cm³/mol. The summed E-state index contributed by atoms with van der Waals surface area (Å²) in [6.45, 7) is 4.35. The van der Waals surface area contributed by atoms with Gasteiger partial charge in [-0.05, 0) is 25.2 Å². The molecule has 0 amide bonds. The van der Waals surface area contributed by atoms with E-state index >= 15 is 0 Å². The van der Waals surface area contributed by atoms with Crippen LogP contribution in [0.4, 0.5) is 0 Å². The third-order valence-electron chi connectivity index (χ3n) is 3.66. The van der Waals surface area contributed by atoms with Crippen LogP contribution in [0.1, 0.15) is 52.4 Å². The second-order valence-electron chi connectivity index (χ2n) is 5.31. The molecule has 0 aromatic carbocycles. The molecule has 0 aromatic heterocycles. The van der Waals surface area contributed by atoms with Crippen molar-refractivity contribution < 1.29 is 5.11 Å². The molecule has 0 aromatic rings. The monoisotopic (exact) mass is 199 g/mol. The Labute approximate surface area is 87.9 Å². The van der Waals surface area contributed by atoms with Gasteiger partial charge in [0.2, 0.25) is 0 Å². The Balaban J connectivity index is 2.28. The average Bonchev–Trinajstić information content (AvgIpc) is 2.19. The van der Waals surface area contributed by atoms with Crippen LogP contribution in [0.5, 0.6) is 0 Å². The van der Waals surface area contributed by atoms with Crippen molar-refractivity contribution in [2.45, 2.75) is 57.9 Å². The van der Waals surface area contributed by atoms with E-state index in [9.17, 15) is 0 Å². The van der Waals surface area contributed by atoms with Crippen LogP contribution in [0.25, 0.3) is 0 Å². The maximum atomic E-state index is 9.10. The van der Waals surface area contributed by atoms with Crippen molar-refractivity contribution in [2.24, 2.45) is 17.6 Å². The van der Waals surface area contributed by atoms with Gasteiger partial charge in [-0.3, -0.25) is 0 Å². The van der Waals surface area contributed by atoms with Crippen molar-refractivity contribution in [3.05, 3.63) is 0 Å². The van der Waals surface area contributed by atoms with Gasteiger partial charge < -0.3 is 10.8 Å². The molecule has 1 fully saturated rings. The van der Waals surface area contributed by atoms with E-state index in [0.717, 1.165) is 18.3 Å². The molecule has 0 aliphatic heterocycles. The predicted octanol–water partition coefficient (Wildman–Crippen LogP) is 2.30. The van der Waals surface area contributed by atoms with Crippen LogP contribution in [0.2, 0.25) is 0 Å². The second kappa shape index (κ2) is 5.13. The molecule has 0 bridgehead atoms. The Kier molecular flexibility index (Phi) is 4.39. The summed E-state index contributed by atoms with van der Waals surface area (Å²) in [4.78, 5) is 0. The number of aliphatic hydroxyl groups is 1. The van der Waals surface area contributed by atoms with Crippen LogP contribution in [-0.2, 0) is 0 Å². The fourth-order valence-corrected chi connectivity index (χ4v) is 2.57. The Morgan fingerprint density at radius 1 is 1.21 bits per heavy atom. The van der Waals surface area contributed by atoms with Gasteiger partial charge in [0.1, 0.15) is 0 Å². The number of nitrogens with two attached hydrogens (primary N) is 1. The fraction of sp³-hybridized carbons (Fsp3) is 1.00. The zero-order chi connectivity index (χ0) is 10.6. The maximum Gasteiger partial charge on any atom is 0.0608 e. The van der Waals surface area contributed by atoms with Gasteiger partial charge in [-0.15, -0.1) is 0 Å². The minimum atomic E-state index is -0.357. The fourth-order valence-electron chi connectivity index (χ4n) is 2.57. The van der Waals surface area contributed by atoms with E-state index in [4.69, 9.17) is 10.8 Å². The van der Waals surface area contributed by atoms with Gasteiger partial charge in [0.15, 0.2) is 0 Å². The normalized spacial score (nSPS) is 32.6. The van der Waals surface area contributed by atoms with Gasteiger partial charge in [-0.25, -0.2) is 0 Å². The highest BCUT2D eigenvalue weighted by Crippen LogP contribution is 2.34. The Hall–Kier alpha value is -0.0800.